The van der Waals surface area contributed by atoms with Crippen LogP contribution in [0.4, 0.5) is 28.9 Å². The number of nitrogens with one attached hydrogen (secondary N) is 2. The van der Waals surface area contributed by atoms with Gasteiger partial charge in [-0.05, 0) is 49.7 Å². The summed E-state index contributed by atoms with van der Waals surface area (Å²) < 4.78 is 60.7. The van der Waals surface area contributed by atoms with Gasteiger partial charge >= 0.3 is 12.3 Å². The van der Waals surface area contributed by atoms with Crippen LogP contribution in [0.1, 0.15) is 30.1 Å². The Hall–Kier alpha value is -4.62. The van der Waals surface area contributed by atoms with Crippen LogP contribution in [0.2, 0.25) is 0 Å². The van der Waals surface area contributed by atoms with Gasteiger partial charge in [0, 0.05) is 20.1 Å². The SMILES string of the molecule is CN1C(=O)[C@H](NC(=O)C(C)(C)NC(=O)c2ncco2)CN(Cc2ccc(OC(F)(F)F)cc2)c2ccc(F)cc21. The Bertz CT molecular complexity index is 1390. The summed E-state index contributed by atoms with van der Waals surface area (Å²) in [7, 11) is 1.43. The Morgan fingerprint density at radius 2 is 1.82 bits per heavy atom. The van der Waals surface area contributed by atoms with Crippen molar-refractivity contribution in [3.05, 3.63) is 72.2 Å². The molecule has 0 unspecified atom stereocenters. The molecular weight excluding hydrogens is 538 g/mol. The molecule has 1 aromatic heterocycles. The van der Waals surface area contributed by atoms with Gasteiger partial charge < -0.3 is 29.6 Å². The van der Waals surface area contributed by atoms with E-state index in [9.17, 15) is 31.9 Å². The maximum atomic E-state index is 14.2. The first-order valence-corrected chi connectivity index (χ1v) is 11.9. The number of nitrogens with zero attached hydrogens (tertiary/aromatic N) is 3. The molecule has 40 heavy (non-hydrogen) atoms. The van der Waals surface area contributed by atoms with E-state index >= 15 is 0 Å². The monoisotopic (exact) mass is 563 g/mol. The second-order valence-electron chi connectivity index (χ2n) is 9.54. The van der Waals surface area contributed by atoms with Crippen LogP contribution < -0.4 is 25.2 Å². The summed E-state index contributed by atoms with van der Waals surface area (Å²) in [6.45, 7) is 2.89. The minimum Gasteiger partial charge on any atom is -0.441 e. The van der Waals surface area contributed by atoms with Crippen molar-refractivity contribution in [1.29, 1.82) is 0 Å². The highest BCUT2D eigenvalue weighted by atomic mass is 19.4. The zero-order valence-electron chi connectivity index (χ0n) is 21.6. The molecule has 212 valence electrons. The summed E-state index contributed by atoms with van der Waals surface area (Å²) in [5, 5.41) is 5.15. The number of halogens is 4. The zero-order valence-corrected chi connectivity index (χ0v) is 21.6. The topological polar surface area (TPSA) is 117 Å². The Morgan fingerprint density at radius 3 is 2.45 bits per heavy atom. The van der Waals surface area contributed by atoms with E-state index in [-0.39, 0.29) is 24.7 Å². The molecule has 2 heterocycles. The largest absolute Gasteiger partial charge is 0.573 e. The highest BCUT2D eigenvalue weighted by Gasteiger charge is 2.38. The highest BCUT2D eigenvalue weighted by Crippen LogP contribution is 2.34. The minimum atomic E-state index is -4.84. The van der Waals surface area contributed by atoms with Gasteiger partial charge in [-0.2, -0.15) is 0 Å². The Kier molecular flexibility index (Phi) is 7.71. The number of anilines is 2. The fourth-order valence-corrected chi connectivity index (χ4v) is 4.12. The maximum Gasteiger partial charge on any atom is 0.573 e. The van der Waals surface area contributed by atoms with E-state index < -0.39 is 47.2 Å². The third kappa shape index (κ3) is 6.50. The molecule has 3 amide bonds. The van der Waals surface area contributed by atoms with Gasteiger partial charge in [-0.1, -0.05) is 12.1 Å². The summed E-state index contributed by atoms with van der Waals surface area (Å²) in [5.74, 6) is -3.22. The van der Waals surface area contributed by atoms with Crippen molar-refractivity contribution in [3.63, 3.8) is 0 Å². The first-order valence-electron chi connectivity index (χ1n) is 11.9. The standard InChI is InChI=1S/C26H25F4N5O5/c1-25(2,33-21(36)22-31-10-11-39-22)24(38)32-18-14-35(13-15-4-7-17(8-5-15)40-26(28,29)30)19-9-6-16(27)12-20(19)34(3)23(18)37/h4-12,18H,13-14H2,1-3H3,(H,32,38)(H,33,36)/t18-/m1/s1. The van der Waals surface area contributed by atoms with E-state index in [0.29, 0.717) is 11.3 Å². The van der Waals surface area contributed by atoms with Crippen molar-refractivity contribution in [2.24, 2.45) is 0 Å². The quantitative estimate of drug-likeness (QED) is 0.424. The number of likely N-dealkylation sites (N-methyl/N-ethyl adjacent to an activating group) is 1. The predicted molar refractivity (Wildman–Crippen MR) is 134 cm³/mol. The highest BCUT2D eigenvalue weighted by molar-refractivity contribution is 6.04. The number of hydrogen-bond acceptors (Lipinski definition) is 7. The van der Waals surface area contributed by atoms with Crippen LogP contribution in [0.25, 0.3) is 0 Å². The van der Waals surface area contributed by atoms with Crippen LogP contribution in [0.5, 0.6) is 5.75 Å². The number of oxazole rings is 1. The van der Waals surface area contributed by atoms with Gasteiger partial charge in [-0.3, -0.25) is 14.4 Å². The number of alkyl halides is 3. The Balaban J connectivity index is 1.58. The van der Waals surface area contributed by atoms with Crippen molar-refractivity contribution in [2.45, 2.75) is 38.3 Å². The smallest absolute Gasteiger partial charge is 0.441 e. The molecule has 0 saturated carbocycles. The summed E-state index contributed by atoms with van der Waals surface area (Å²) in [4.78, 5) is 45.6. The first kappa shape index (κ1) is 28.4. The Morgan fingerprint density at radius 1 is 1.12 bits per heavy atom. The van der Waals surface area contributed by atoms with Gasteiger partial charge in [0.15, 0.2) is 0 Å². The minimum absolute atomic E-state index is 0.0713. The molecule has 10 nitrogen and oxygen atoms in total. The first-order chi connectivity index (χ1) is 18.7. The van der Waals surface area contributed by atoms with Crippen LogP contribution >= 0.6 is 0 Å². The molecule has 1 atom stereocenters. The van der Waals surface area contributed by atoms with Gasteiger partial charge in [-0.25, -0.2) is 9.37 Å². The van der Waals surface area contributed by atoms with Crippen LogP contribution in [0, 0.1) is 5.82 Å². The molecule has 0 radical (unpaired) electrons. The molecule has 4 rings (SSSR count). The lowest BCUT2D eigenvalue weighted by Crippen LogP contribution is -2.60. The number of fused-ring (bicyclic) bond motifs is 1. The zero-order chi connectivity index (χ0) is 29.2. The van der Waals surface area contributed by atoms with Crippen molar-refractivity contribution < 1.29 is 41.1 Å². The van der Waals surface area contributed by atoms with Crippen molar-refractivity contribution in [2.75, 3.05) is 23.4 Å². The number of aromatic nitrogens is 1. The number of benzene rings is 2. The second-order valence-corrected chi connectivity index (χ2v) is 9.54. The number of carbonyl (C=O) groups excluding carboxylic acids is 3. The summed E-state index contributed by atoms with van der Waals surface area (Å²) >= 11 is 0. The molecule has 2 N–H and O–H groups in total. The maximum absolute atomic E-state index is 14.2. The van der Waals surface area contributed by atoms with E-state index in [0.717, 1.165) is 12.1 Å². The van der Waals surface area contributed by atoms with Crippen LogP contribution in [0.3, 0.4) is 0 Å². The Labute approximate surface area is 225 Å². The number of carbonyl (C=O) groups is 3. The molecule has 1 aliphatic heterocycles. The molecule has 14 heteroatoms. The third-order valence-electron chi connectivity index (χ3n) is 6.13. The van der Waals surface area contributed by atoms with Crippen LogP contribution in [-0.4, -0.2) is 54.2 Å². The van der Waals surface area contributed by atoms with Gasteiger partial charge in [-0.15, -0.1) is 13.2 Å². The third-order valence-corrected chi connectivity index (χ3v) is 6.13. The summed E-state index contributed by atoms with van der Waals surface area (Å²) in [5.41, 5.74) is -0.240. The molecule has 0 bridgehead atoms. The van der Waals surface area contributed by atoms with Gasteiger partial charge in [0.2, 0.25) is 5.91 Å². The molecular formula is C26H25F4N5O5. The van der Waals surface area contributed by atoms with E-state index in [4.69, 9.17) is 4.42 Å². The molecule has 2 aromatic carbocycles. The van der Waals surface area contributed by atoms with Crippen LogP contribution in [0.15, 0.2) is 59.3 Å². The molecule has 3 aromatic rings. The second kappa shape index (κ2) is 10.9. The molecule has 0 aliphatic carbocycles. The number of amides is 3. The average Bonchev–Trinajstić information content (AvgIpc) is 3.39. The van der Waals surface area contributed by atoms with E-state index in [1.54, 1.807) is 4.90 Å². The molecule has 0 spiro atoms. The molecule has 1 aliphatic rings. The van der Waals surface area contributed by atoms with Gasteiger partial charge in [0.1, 0.15) is 29.4 Å². The number of ether oxygens (including phenoxy) is 1. The predicted octanol–water partition coefficient (Wildman–Crippen LogP) is 3.39. The van der Waals surface area contributed by atoms with E-state index in [1.165, 1.54) is 68.6 Å². The lowest BCUT2D eigenvalue weighted by molar-refractivity contribution is -0.274. The molecule has 0 fully saturated rings. The lowest BCUT2D eigenvalue weighted by atomic mass is 10.0. The van der Waals surface area contributed by atoms with E-state index in [2.05, 4.69) is 20.4 Å². The van der Waals surface area contributed by atoms with Crippen LogP contribution in [-0.2, 0) is 16.1 Å². The van der Waals surface area contributed by atoms with Crippen molar-refractivity contribution >= 4 is 29.1 Å². The summed E-state index contributed by atoms with van der Waals surface area (Å²) in [6.07, 6.45) is -2.37. The van der Waals surface area contributed by atoms with E-state index in [1.807, 2.05) is 0 Å². The fraction of sp³-hybridized carbons (Fsp3) is 0.308. The number of hydrogen-bond donors (Lipinski definition) is 2. The van der Waals surface area contributed by atoms with Crippen molar-refractivity contribution in [1.82, 2.24) is 15.6 Å². The summed E-state index contributed by atoms with van der Waals surface area (Å²) in [6, 6.07) is 7.88. The lowest BCUT2D eigenvalue weighted by Gasteiger charge is -2.30. The number of rotatable bonds is 7. The average molecular weight is 564 g/mol. The van der Waals surface area contributed by atoms with Gasteiger partial charge in [0.05, 0.1) is 17.6 Å². The van der Waals surface area contributed by atoms with Gasteiger partial charge in [0.25, 0.3) is 11.8 Å². The fourth-order valence-electron chi connectivity index (χ4n) is 4.12. The normalized spacial score (nSPS) is 15.8. The molecule has 0 saturated heterocycles. The van der Waals surface area contributed by atoms with Crippen molar-refractivity contribution in [3.8, 4) is 5.75 Å².